The van der Waals surface area contributed by atoms with Crippen molar-refractivity contribution < 1.29 is 29.0 Å². The molecule has 1 saturated heterocycles. The summed E-state index contributed by atoms with van der Waals surface area (Å²) in [6, 6.07) is 3.16. The van der Waals surface area contributed by atoms with Gasteiger partial charge in [-0.05, 0) is 92.6 Å². The van der Waals surface area contributed by atoms with Gasteiger partial charge in [0.05, 0.1) is 24.0 Å². The van der Waals surface area contributed by atoms with Crippen LogP contribution in [0, 0.1) is 22.7 Å². The van der Waals surface area contributed by atoms with Crippen LogP contribution in [0.4, 0.5) is 4.79 Å². The Hall–Kier alpha value is -2.43. The van der Waals surface area contributed by atoms with E-state index >= 15 is 0 Å². The molecule has 6 rings (SSSR count). The lowest BCUT2D eigenvalue weighted by Crippen LogP contribution is -2.68. The summed E-state index contributed by atoms with van der Waals surface area (Å²) >= 11 is 0. The van der Waals surface area contributed by atoms with Crippen molar-refractivity contribution in [2.75, 3.05) is 32.8 Å². The average Bonchev–Trinajstić information content (AvgIpc) is 3.21. The van der Waals surface area contributed by atoms with Crippen LogP contribution < -0.4 is 16.3 Å². The molecular weight excluding hydrogens is 526 g/mol. The molecule has 0 radical (unpaired) electrons. The number of rotatable bonds is 5. The molecule has 4 aliphatic carbocycles. The first-order valence-electron chi connectivity index (χ1n) is 15.4. The van der Waals surface area contributed by atoms with Gasteiger partial charge in [-0.15, -0.1) is 0 Å². The summed E-state index contributed by atoms with van der Waals surface area (Å²) in [5.41, 5.74) is -1.80. The maximum absolute atomic E-state index is 12.6. The Morgan fingerprint density at radius 1 is 1.07 bits per heavy atom. The van der Waals surface area contributed by atoms with Crippen LogP contribution in [0.2, 0.25) is 0 Å². The molecule has 8 atom stereocenters. The lowest BCUT2D eigenvalue weighted by Gasteiger charge is -2.66. The highest BCUT2D eigenvalue weighted by Crippen LogP contribution is 2.71. The minimum atomic E-state index is -0.920. The molecule has 0 bridgehead atoms. The second-order valence-electron chi connectivity index (χ2n) is 13.9. The molecular formula is C31H45N3O7. The normalized spacial score (nSPS) is 42.4. The van der Waals surface area contributed by atoms with Crippen LogP contribution in [0.5, 0.6) is 0 Å². The molecule has 2 heterocycles. The van der Waals surface area contributed by atoms with E-state index in [-0.39, 0.29) is 52.8 Å². The third-order valence-corrected chi connectivity index (χ3v) is 12.2. The van der Waals surface area contributed by atoms with Gasteiger partial charge in [-0.3, -0.25) is 9.69 Å². The first-order valence-corrected chi connectivity index (χ1v) is 15.4. The van der Waals surface area contributed by atoms with Crippen molar-refractivity contribution in [2.45, 2.75) is 94.8 Å². The molecule has 1 aromatic rings. The molecule has 5 aliphatic rings. The fourth-order valence-electron chi connectivity index (χ4n) is 9.81. The quantitative estimate of drug-likeness (QED) is 0.423. The van der Waals surface area contributed by atoms with Gasteiger partial charge in [-0.25, -0.2) is 9.59 Å². The number of alkyl carbamates (subject to hydrolysis) is 1. The van der Waals surface area contributed by atoms with E-state index in [0.717, 1.165) is 50.6 Å². The first kappa shape index (κ1) is 28.7. The summed E-state index contributed by atoms with van der Waals surface area (Å²) in [6.07, 6.45) is 7.80. The zero-order valence-electron chi connectivity index (χ0n) is 24.3. The second-order valence-corrected chi connectivity index (χ2v) is 13.9. The standard InChI is InChI=1S/C31H45N3O7/c1-28-9-5-21(33-27(37)40-16-15-34-14-13-32-25(35)18-34)17-30(28,38)11-7-24-23(28)6-10-29(2)22(8-12-31(24,29)39)20-3-4-26(36)41-19-20/h3-4,19,21-24,38-39H,5-18H2,1-2H3,(H,32,35)(H,33,37)/t21-,22+,23-,24+,28+,29+,30-,31-/m0/s1. The molecule has 4 N–H and O–H groups in total. The van der Waals surface area contributed by atoms with Crippen molar-refractivity contribution in [3.63, 3.8) is 0 Å². The minimum Gasteiger partial charge on any atom is -0.448 e. The Morgan fingerprint density at radius 2 is 1.85 bits per heavy atom. The summed E-state index contributed by atoms with van der Waals surface area (Å²) in [5, 5.41) is 30.3. The van der Waals surface area contributed by atoms with Crippen molar-refractivity contribution in [3.05, 3.63) is 34.4 Å². The molecule has 0 unspecified atom stereocenters. The fourth-order valence-corrected chi connectivity index (χ4v) is 9.81. The summed E-state index contributed by atoms with van der Waals surface area (Å²) in [4.78, 5) is 37.7. The van der Waals surface area contributed by atoms with Gasteiger partial charge < -0.3 is 30.0 Å². The van der Waals surface area contributed by atoms with Crippen LogP contribution >= 0.6 is 0 Å². The summed E-state index contributed by atoms with van der Waals surface area (Å²) in [6.45, 7) is 6.81. The Labute approximate surface area is 241 Å². The number of hydrogen-bond donors (Lipinski definition) is 4. The van der Waals surface area contributed by atoms with Crippen molar-refractivity contribution in [1.82, 2.24) is 15.5 Å². The minimum absolute atomic E-state index is 0.0116. The van der Waals surface area contributed by atoms with Crippen LogP contribution in [0.25, 0.3) is 0 Å². The largest absolute Gasteiger partial charge is 0.448 e. The van der Waals surface area contributed by atoms with Gasteiger partial charge in [0.2, 0.25) is 5.91 Å². The summed E-state index contributed by atoms with van der Waals surface area (Å²) in [7, 11) is 0. The number of aliphatic hydroxyl groups is 2. The van der Waals surface area contributed by atoms with Crippen LogP contribution in [0.15, 0.2) is 27.6 Å². The molecule has 4 saturated carbocycles. The zero-order chi connectivity index (χ0) is 29.0. The van der Waals surface area contributed by atoms with Crippen molar-refractivity contribution >= 4 is 12.0 Å². The molecule has 226 valence electrons. The molecule has 1 aliphatic heterocycles. The average molecular weight is 572 g/mol. The summed E-state index contributed by atoms with van der Waals surface area (Å²) in [5.74, 6) is 0.409. The Morgan fingerprint density at radius 3 is 2.61 bits per heavy atom. The number of nitrogens with one attached hydrogen (secondary N) is 2. The van der Waals surface area contributed by atoms with Gasteiger partial charge in [-0.1, -0.05) is 13.8 Å². The highest BCUT2D eigenvalue weighted by atomic mass is 16.5. The number of amides is 2. The van der Waals surface area contributed by atoms with E-state index < -0.39 is 17.3 Å². The number of carbonyl (C=O) groups is 2. The van der Waals surface area contributed by atoms with Gasteiger partial charge in [0.1, 0.15) is 6.61 Å². The number of ether oxygens (including phenoxy) is 1. The number of nitrogens with zero attached hydrogens (tertiary/aromatic N) is 1. The highest BCUT2D eigenvalue weighted by Gasteiger charge is 2.70. The number of carbonyl (C=O) groups excluding carboxylic acids is 2. The SMILES string of the molecule is C[C@]12CC[C@H](NC(=O)OCCN3CCNC(=O)C3)C[C@@]1(O)CC[C@@H]1[C@@H]2CC[C@]2(C)[C@@H](c3ccc(=O)oc3)CC[C@]12O. The molecule has 10 nitrogen and oxygen atoms in total. The monoisotopic (exact) mass is 571 g/mol. The predicted octanol–water partition coefficient (Wildman–Crippen LogP) is 2.52. The Balaban J connectivity index is 1.09. The molecule has 41 heavy (non-hydrogen) atoms. The van der Waals surface area contributed by atoms with Crippen molar-refractivity contribution in [3.8, 4) is 0 Å². The lowest BCUT2D eigenvalue weighted by molar-refractivity contribution is -0.247. The third kappa shape index (κ3) is 4.70. The number of fused-ring (bicyclic) bond motifs is 5. The number of hydrogen-bond acceptors (Lipinski definition) is 8. The zero-order valence-corrected chi connectivity index (χ0v) is 24.3. The van der Waals surface area contributed by atoms with Crippen LogP contribution in [0.1, 0.15) is 83.1 Å². The maximum atomic E-state index is 12.6. The van der Waals surface area contributed by atoms with E-state index in [4.69, 9.17) is 9.15 Å². The van der Waals surface area contributed by atoms with E-state index in [2.05, 4.69) is 24.5 Å². The molecule has 10 heteroatoms. The number of piperazine rings is 1. The highest BCUT2D eigenvalue weighted by molar-refractivity contribution is 5.78. The molecule has 5 fully saturated rings. The molecule has 0 aromatic carbocycles. The first-order chi connectivity index (χ1) is 19.5. The molecule has 2 amide bonds. The molecule has 1 aromatic heterocycles. The van der Waals surface area contributed by atoms with E-state index in [1.54, 1.807) is 6.26 Å². The molecule has 0 spiro atoms. The Kier molecular flexibility index (Phi) is 7.26. The van der Waals surface area contributed by atoms with Crippen molar-refractivity contribution in [2.24, 2.45) is 22.7 Å². The topological polar surface area (TPSA) is 141 Å². The van der Waals surface area contributed by atoms with E-state index in [0.29, 0.717) is 38.9 Å². The third-order valence-electron chi connectivity index (χ3n) is 12.2. The van der Waals surface area contributed by atoms with E-state index in [9.17, 15) is 24.6 Å². The van der Waals surface area contributed by atoms with Crippen LogP contribution in [-0.2, 0) is 9.53 Å². The smallest absolute Gasteiger partial charge is 0.407 e. The maximum Gasteiger partial charge on any atom is 0.407 e. The second kappa shape index (κ2) is 10.4. The lowest BCUT2D eigenvalue weighted by atomic mass is 9.42. The predicted molar refractivity (Wildman–Crippen MR) is 150 cm³/mol. The van der Waals surface area contributed by atoms with E-state index in [1.165, 1.54) is 6.07 Å². The van der Waals surface area contributed by atoms with Gasteiger partial charge >= 0.3 is 11.7 Å². The summed E-state index contributed by atoms with van der Waals surface area (Å²) < 4.78 is 10.6. The van der Waals surface area contributed by atoms with Gasteiger partial charge in [-0.2, -0.15) is 0 Å². The Bertz CT molecular complexity index is 1220. The van der Waals surface area contributed by atoms with Gasteiger partial charge in [0.15, 0.2) is 0 Å². The van der Waals surface area contributed by atoms with Crippen molar-refractivity contribution in [1.29, 1.82) is 0 Å². The fraction of sp³-hybridized carbons (Fsp3) is 0.774. The van der Waals surface area contributed by atoms with Gasteiger partial charge in [0, 0.05) is 37.2 Å². The van der Waals surface area contributed by atoms with Crippen LogP contribution in [-0.4, -0.2) is 77.1 Å². The van der Waals surface area contributed by atoms with E-state index in [1.807, 2.05) is 11.0 Å². The van der Waals surface area contributed by atoms with Gasteiger partial charge in [0.25, 0.3) is 0 Å². The van der Waals surface area contributed by atoms with Crippen LogP contribution in [0.3, 0.4) is 0 Å².